The average Bonchev–Trinajstić information content (AvgIpc) is 2.34. The van der Waals surface area contributed by atoms with Crippen LogP contribution >= 0.6 is 0 Å². The van der Waals surface area contributed by atoms with Gasteiger partial charge in [0, 0.05) is 0 Å². The molecule has 1 N–H and O–H groups in total. The molecule has 0 bridgehead atoms. The van der Waals surface area contributed by atoms with Crippen LogP contribution in [0, 0.1) is 0 Å². The van der Waals surface area contributed by atoms with Gasteiger partial charge in [-0.25, -0.2) is 0 Å². The molecule has 0 saturated carbocycles. The molecule has 0 amide bonds. The summed E-state index contributed by atoms with van der Waals surface area (Å²) < 4.78 is 0. The molecule has 80 valence electrons. The van der Waals surface area contributed by atoms with E-state index in [0.717, 1.165) is 0 Å². The summed E-state index contributed by atoms with van der Waals surface area (Å²) in [6.45, 7) is 0.0854. The van der Waals surface area contributed by atoms with E-state index in [4.69, 9.17) is 5.11 Å². The second-order valence-corrected chi connectivity index (χ2v) is 3.58. The van der Waals surface area contributed by atoms with Crippen molar-refractivity contribution in [1.29, 1.82) is 0 Å². The maximum Gasteiger partial charge on any atom is 0.0615 e. The molecule has 0 radical (unpaired) electrons. The Hall–Kier alpha value is -1.86. The zero-order valence-corrected chi connectivity index (χ0v) is 9.01. The van der Waals surface area contributed by atoms with Gasteiger partial charge < -0.3 is 5.11 Å². The molecular formula is C15H14O. The largest absolute Gasteiger partial charge is 0.392 e. The molecule has 1 heteroatoms. The lowest BCUT2D eigenvalue weighted by Crippen LogP contribution is -1.74. The van der Waals surface area contributed by atoms with Crippen molar-refractivity contribution in [2.24, 2.45) is 0 Å². The molecule has 2 rings (SSSR count). The fourth-order valence-electron chi connectivity index (χ4n) is 1.62. The van der Waals surface area contributed by atoms with Gasteiger partial charge in [-0.15, -0.1) is 0 Å². The van der Waals surface area contributed by atoms with E-state index in [0.29, 0.717) is 0 Å². The monoisotopic (exact) mass is 210 g/mol. The lowest BCUT2D eigenvalue weighted by molar-refractivity contribution is 0.343. The van der Waals surface area contributed by atoms with Gasteiger partial charge in [-0.2, -0.15) is 0 Å². The van der Waals surface area contributed by atoms with Gasteiger partial charge in [0.05, 0.1) is 6.61 Å². The van der Waals surface area contributed by atoms with Crippen LogP contribution in [0.25, 0.3) is 16.8 Å². The first-order valence-corrected chi connectivity index (χ1v) is 5.33. The van der Waals surface area contributed by atoms with Crippen molar-refractivity contribution in [1.82, 2.24) is 0 Å². The van der Waals surface area contributed by atoms with Gasteiger partial charge in [-0.1, -0.05) is 60.7 Å². The molecule has 0 aliphatic rings. The van der Waals surface area contributed by atoms with Gasteiger partial charge in [0.2, 0.25) is 0 Å². The number of fused-ring (bicyclic) bond motifs is 1. The zero-order valence-electron chi connectivity index (χ0n) is 9.01. The van der Waals surface area contributed by atoms with Crippen LogP contribution in [0.2, 0.25) is 0 Å². The van der Waals surface area contributed by atoms with Crippen LogP contribution in [-0.4, -0.2) is 11.7 Å². The average molecular weight is 210 g/mol. The van der Waals surface area contributed by atoms with Crippen LogP contribution in [0.1, 0.15) is 5.56 Å². The molecule has 0 saturated heterocycles. The molecule has 2 aromatic rings. The molecule has 0 spiro atoms. The molecule has 1 nitrogen and oxygen atoms in total. The highest BCUT2D eigenvalue weighted by Gasteiger charge is 1.91. The molecule has 0 fully saturated rings. The fourth-order valence-corrected chi connectivity index (χ4v) is 1.62. The third kappa shape index (κ3) is 2.59. The maximum atomic E-state index is 8.58. The van der Waals surface area contributed by atoms with Crippen molar-refractivity contribution in [2.45, 2.75) is 0 Å². The lowest BCUT2D eigenvalue weighted by Gasteiger charge is -1.98. The Labute approximate surface area is 95.4 Å². The second-order valence-electron chi connectivity index (χ2n) is 3.58. The molecule has 16 heavy (non-hydrogen) atoms. The van der Waals surface area contributed by atoms with Crippen LogP contribution in [-0.2, 0) is 0 Å². The van der Waals surface area contributed by atoms with E-state index in [2.05, 4.69) is 30.3 Å². The van der Waals surface area contributed by atoms with E-state index >= 15 is 0 Å². The standard InChI is InChI=1S/C15H14O/c16-11-5-1-2-6-13-9-10-14-7-3-4-8-15(14)12-13/h1-10,12,16H,11H2/b5-1+,6-2+. The minimum absolute atomic E-state index is 0.0854. The number of rotatable bonds is 3. The molecule has 2 aromatic carbocycles. The first kappa shape index (κ1) is 10.7. The van der Waals surface area contributed by atoms with Crippen molar-refractivity contribution >= 4 is 16.8 Å². The van der Waals surface area contributed by atoms with Gasteiger partial charge in [0.1, 0.15) is 0 Å². The van der Waals surface area contributed by atoms with E-state index < -0.39 is 0 Å². The minimum atomic E-state index is 0.0854. The Morgan fingerprint density at radius 2 is 1.75 bits per heavy atom. The number of aliphatic hydroxyl groups is 1. The maximum absolute atomic E-state index is 8.58. The molecule has 0 aromatic heterocycles. The van der Waals surface area contributed by atoms with Crippen molar-refractivity contribution < 1.29 is 5.11 Å². The smallest absolute Gasteiger partial charge is 0.0615 e. The SMILES string of the molecule is OC/C=C/C=C/c1ccc2ccccc2c1. The normalized spacial score (nSPS) is 11.8. The fraction of sp³-hybridized carbons (Fsp3) is 0.0667. The van der Waals surface area contributed by atoms with Crippen LogP contribution in [0.5, 0.6) is 0 Å². The summed E-state index contributed by atoms with van der Waals surface area (Å²) in [7, 11) is 0. The van der Waals surface area contributed by atoms with E-state index in [1.54, 1.807) is 6.08 Å². The van der Waals surface area contributed by atoms with E-state index in [1.165, 1.54) is 16.3 Å². The number of hydrogen-bond acceptors (Lipinski definition) is 1. The highest BCUT2D eigenvalue weighted by atomic mass is 16.2. The first-order valence-electron chi connectivity index (χ1n) is 5.33. The highest BCUT2D eigenvalue weighted by Crippen LogP contribution is 2.16. The molecule has 0 aliphatic heterocycles. The summed E-state index contributed by atoms with van der Waals surface area (Å²) >= 11 is 0. The molecule has 0 heterocycles. The summed E-state index contributed by atoms with van der Waals surface area (Å²) in [4.78, 5) is 0. The van der Waals surface area contributed by atoms with Crippen molar-refractivity contribution in [2.75, 3.05) is 6.61 Å². The Morgan fingerprint density at radius 1 is 0.938 bits per heavy atom. The summed E-state index contributed by atoms with van der Waals surface area (Å²) in [5.74, 6) is 0. The van der Waals surface area contributed by atoms with Crippen LogP contribution in [0.3, 0.4) is 0 Å². The van der Waals surface area contributed by atoms with Crippen molar-refractivity contribution in [3.05, 3.63) is 66.3 Å². The summed E-state index contributed by atoms with van der Waals surface area (Å²) in [5, 5.41) is 11.1. The molecular weight excluding hydrogens is 196 g/mol. The number of hydrogen-bond donors (Lipinski definition) is 1. The van der Waals surface area contributed by atoms with Crippen molar-refractivity contribution in [3.8, 4) is 0 Å². The lowest BCUT2D eigenvalue weighted by atomic mass is 10.1. The Balaban J connectivity index is 2.26. The van der Waals surface area contributed by atoms with Crippen LogP contribution in [0.4, 0.5) is 0 Å². The predicted octanol–water partition coefficient (Wildman–Crippen LogP) is 3.40. The highest BCUT2D eigenvalue weighted by molar-refractivity contribution is 5.84. The van der Waals surface area contributed by atoms with E-state index in [-0.39, 0.29) is 6.61 Å². The zero-order chi connectivity index (χ0) is 11.2. The minimum Gasteiger partial charge on any atom is -0.392 e. The van der Waals surface area contributed by atoms with Gasteiger partial charge >= 0.3 is 0 Å². The van der Waals surface area contributed by atoms with Crippen LogP contribution < -0.4 is 0 Å². The first-order chi connectivity index (χ1) is 7.90. The van der Waals surface area contributed by atoms with Crippen molar-refractivity contribution in [3.63, 3.8) is 0 Å². The summed E-state index contributed by atoms with van der Waals surface area (Å²) in [6, 6.07) is 14.7. The number of aliphatic hydroxyl groups excluding tert-OH is 1. The van der Waals surface area contributed by atoms with E-state index in [9.17, 15) is 0 Å². The van der Waals surface area contributed by atoms with E-state index in [1.807, 2.05) is 30.4 Å². The summed E-state index contributed by atoms with van der Waals surface area (Å²) in [5.41, 5.74) is 1.17. The number of allylic oxidation sites excluding steroid dienone is 2. The molecule has 0 unspecified atom stereocenters. The third-order valence-corrected chi connectivity index (χ3v) is 2.41. The number of benzene rings is 2. The Bertz CT molecular complexity index is 524. The second kappa shape index (κ2) is 5.29. The van der Waals surface area contributed by atoms with Gasteiger partial charge in [0.15, 0.2) is 0 Å². The summed E-state index contributed by atoms with van der Waals surface area (Å²) in [6.07, 6.45) is 7.51. The Morgan fingerprint density at radius 3 is 2.56 bits per heavy atom. The van der Waals surface area contributed by atoms with Gasteiger partial charge in [-0.3, -0.25) is 0 Å². The van der Waals surface area contributed by atoms with Gasteiger partial charge in [-0.05, 0) is 22.4 Å². The molecule has 0 atom stereocenters. The van der Waals surface area contributed by atoms with Crippen LogP contribution in [0.15, 0.2) is 60.7 Å². The van der Waals surface area contributed by atoms with Gasteiger partial charge in [0.25, 0.3) is 0 Å². The Kier molecular flexibility index (Phi) is 3.52. The molecule has 0 aliphatic carbocycles. The third-order valence-electron chi connectivity index (χ3n) is 2.41. The predicted molar refractivity (Wildman–Crippen MR) is 69.2 cm³/mol. The topological polar surface area (TPSA) is 20.2 Å². The quantitative estimate of drug-likeness (QED) is 0.770.